The SMILES string of the molecule is CCCOc1ncccc1CN=C(NCC)NC1CC=CC1. The quantitative estimate of drug-likeness (QED) is 0.462. The fourth-order valence-electron chi connectivity index (χ4n) is 2.29. The molecular weight excluding hydrogens is 276 g/mol. The highest BCUT2D eigenvalue weighted by molar-refractivity contribution is 5.80. The lowest BCUT2D eigenvalue weighted by atomic mass is 10.2. The molecule has 0 bridgehead atoms. The highest BCUT2D eigenvalue weighted by atomic mass is 16.5. The highest BCUT2D eigenvalue weighted by Gasteiger charge is 2.12. The maximum absolute atomic E-state index is 5.68. The predicted octanol–water partition coefficient (Wildman–Crippen LogP) is 2.64. The van der Waals surface area contributed by atoms with Crippen molar-refractivity contribution in [2.45, 2.75) is 45.7 Å². The van der Waals surface area contributed by atoms with Crippen molar-refractivity contribution in [2.75, 3.05) is 13.2 Å². The molecule has 0 unspecified atom stereocenters. The molecule has 0 aromatic carbocycles. The molecule has 22 heavy (non-hydrogen) atoms. The van der Waals surface area contributed by atoms with Crippen molar-refractivity contribution < 1.29 is 4.74 Å². The third-order valence-electron chi connectivity index (χ3n) is 3.39. The largest absolute Gasteiger partial charge is 0.477 e. The van der Waals surface area contributed by atoms with Gasteiger partial charge in [0.15, 0.2) is 5.96 Å². The van der Waals surface area contributed by atoms with Crippen LogP contribution >= 0.6 is 0 Å². The van der Waals surface area contributed by atoms with Crippen molar-refractivity contribution in [3.8, 4) is 5.88 Å². The van der Waals surface area contributed by atoms with E-state index in [4.69, 9.17) is 4.74 Å². The summed E-state index contributed by atoms with van der Waals surface area (Å²) in [6.45, 7) is 6.24. The number of guanidine groups is 1. The van der Waals surface area contributed by atoms with Crippen molar-refractivity contribution in [1.29, 1.82) is 0 Å². The minimum Gasteiger partial charge on any atom is -0.477 e. The van der Waals surface area contributed by atoms with Crippen LogP contribution in [0.15, 0.2) is 35.5 Å². The van der Waals surface area contributed by atoms with Crippen molar-refractivity contribution in [1.82, 2.24) is 15.6 Å². The Bertz CT molecular complexity index is 505. The average Bonchev–Trinajstić information content (AvgIpc) is 3.04. The number of pyridine rings is 1. The Labute approximate surface area is 132 Å². The van der Waals surface area contributed by atoms with Crippen LogP contribution in [-0.2, 0) is 6.54 Å². The van der Waals surface area contributed by atoms with Gasteiger partial charge in [-0.1, -0.05) is 25.1 Å². The summed E-state index contributed by atoms with van der Waals surface area (Å²) < 4.78 is 5.68. The van der Waals surface area contributed by atoms with Gasteiger partial charge in [-0.2, -0.15) is 0 Å². The molecule has 0 aliphatic heterocycles. The molecule has 0 saturated carbocycles. The zero-order valence-corrected chi connectivity index (χ0v) is 13.5. The second-order valence-electron chi connectivity index (χ2n) is 5.30. The van der Waals surface area contributed by atoms with Crippen LogP contribution in [-0.4, -0.2) is 30.1 Å². The number of aromatic nitrogens is 1. The molecule has 1 heterocycles. The number of hydrogen-bond donors (Lipinski definition) is 2. The summed E-state index contributed by atoms with van der Waals surface area (Å²) in [6.07, 6.45) is 9.26. The van der Waals surface area contributed by atoms with E-state index in [1.54, 1.807) is 6.20 Å². The minimum atomic E-state index is 0.447. The molecule has 1 aliphatic rings. The van der Waals surface area contributed by atoms with Crippen molar-refractivity contribution in [3.63, 3.8) is 0 Å². The first kappa shape index (κ1) is 16.3. The third-order valence-corrected chi connectivity index (χ3v) is 3.39. The summed E-state index contributed by atoms with van der Waals surface area (Å²) >= 11 is 0. The monoisotopic (exact) mass is 302 g/mol. The number of hydrogen-bond acceptors (Lipinski definition) is 3. The molecule has 0 radical (unpaired) electrons. The molecule has 0 atom stereocenters. The van der Waals surface area contributed by atoms with Gasteiger partial charge in [-0.25, -0.2) is 9.98 Å². The van der Waals surface area contributed by atoms with Gasteiger partial charge in [0.1, 0.15) is 0 Å². The summed E-state index contributed by atoms with van der Waals surface area (Å²) in [6, 6.07) is 4.38. The number of nitrogens with zero attached hydrogens (tertiary/aromatic N) is 2. The van der Waals surface area contributed by atoms with Gasteiger partial charge < -0.3 is 15.4 Å². The zero-order valence-electron chi connectivity index (χ0n) is 13.5. The van der Waals surface area contributed by atoms with E-state index in [-0.39, 0.29) is 0 Å². The van der Waals surface area contributed by atoms with Gasteiger partial charge in [0.2, 0.25) is 5.88 Å². The lowest BCUT2D eigenvalue weighted by Gasteiger charge is -2.17. The average molecular weight is 302 g/mol. The van der Waals surface area contributed by atoms with Crippen molar-refractivity contribution in [3.05, 3.63) is 36.0 Å². The Morgan fingerprint density at radius 3 is 2.91 bits per heavy atom. The molecule has 1 aromatic rings. The van der Waals surface area contributed by atoms with E-state index in [0.717, 1.165) is 37.3 Å². The van der Waals surface area contributed by atoms with Crippen LogP contribution in [0.5, 0.6) is 5.88 Å². The molecule has 0 saturated heterocycles. The Hall–Kier alpha value is -2.04. The standard InChI is InChI=1S/C17H26N4O/c1-3-12-22-16-14(8-7-11-19-16)13-20-17(18-4-2)21-15-9-5-6-10-15/h5-8,11,15H,3-4,9-10,12-13H2,1-2H3,(H2,18,20,21). The van der Waals surface area contributed by atoms with Crippen LogP contribution in [0.4, 0.5) is 0 Å². The van der Waals surface area contributed by atoms with E-state index < -0.39 is 0 Å². The van der Waals surface area contributed by atoms with Gasteiger partial charge in [-0.3, -0.25) is 0 Å². The number of ether oxygens (including phenoxy) is 1. The van der Waals surface area contributed by atoms with E-state index >= 15 is 0 Å². The van der Waals surface area contributed by atoms with Crippen LogP contribution in [0.2, 0.25) is 0 Å². The Morgan fingerprint density at radius 2 is 2.18 bits per heavy atom. The van der Waals surface area contributed by atoms with E-state index in [0.29, 0.717) is 25.1 Å². The van der Waals surface area contributed by atoms with Crippen LogP contribution in [0, 0.1) is 0 Å². The van der Waals surface area contributed by atoms with Crippen LogP contribution in [0.3, 0.4) is 0 Å². The van der Waals surface area contributed by atoms with Gasteiger partial charge in [0.05, 0.1) is 13.2 Å². The van der Waals surface area contributed by atoms with Gasteiger partial charge >= 0.3 is 0 Å². The van der Waals surface area contributed by atoms with Crippen molar-refractivity contribution >= 4 is 5.96 Å². The highest BCUT2D eigenvalue weighted by Crippen LogP contribution is 2.15. The lowest BCUT2D eigenvalue weighted by Crippen LogP contribution is -2.42. The molecule has 1 aliphatic carbocycles. The second kappa shape index (κ2) is 9.07. The smallest absolute Gasteiger partial charge is 0.218 e. The van der Waals surface area contributed by atoms with Gasteiger partial charge in [-0.05, 0) is 32.3 Å². The fraction of sp³-hybridized carbons (Fsp3) is 0.529. The van der Waals surface area contributed by atoms with Gasteiger partial charge in [0, 0.05) is 24.3 Å². The fourth-order valence-corrected chi connectivity index (χ4v) is 2.29. The Morgan fingerprint density at radius 1 is 1.36 bits per heavy atom. The molecule has 0 spiro atoms. The van der Waals surface area contributed by atoms with E-state index in [9.17, 15) is 0 Å². The molecule has 5 heteroatoms. The summed E-state index contributed by atoms with van der Waals surface area (Å²) in [5, 5.41) is 6.76. The van der Waals surface area contributed by atoms with Crippen LogP contribution < -0.4 is 15.4 Å². The Balaban J connectivity index is 1.99. The molecule has 1 aromatic heterocycles. The molecule has 0 amide bonds. The normalized spacial score (nSPS) is 15.1. The zero-order chi connectivity index (χ0) is 15.6. The number of aliphatic imine (C=N–C) groups is 1. The number of rotatable bonds is 7. The van der Waals surface area contributed by atoms with Crippen molar-refractivity contribution in [2.24, 2.45) is 4.99 Å². The van der Waals surface area contributed by atoms with Gasteiger partial charge in [-0.15, -0.1) is 0 Å². The lowest BCUT2D eigenvalue weighted by molar-refractivity contribution is 0.302. The first-order chi connectivity index (χ1) is 10.8. The number of nitrogens with one attached hydrogen (secondary N) is 2. The molecule has 120 valence electrons. The third kappa shape index (κ3) is 5.06. The van der Waals surface area contributed by atoms with E-state index in [1.807, 2.05) is 12.1 Å². The maximum Gasteiger partial charge on any atom is 0.218 e. The minimum absolute atomic E-state index is 0.447. The van der Waals surface area contributed by atoms with E-state index in [1.165, 1.54) is 0 Å². The summed E-state index contributed by atoms with van der Waals surface area (Å²) in [5.41, 5.74) is 1.01. The Kier molecular flexibility index (Phi) is 6.74. The predicted molar refractivity (Wildman–Crippen MR) is 90.1 cm³/mol. The first-order valence-corrected chi connectivity index (χ1v) is 8.10. The summed E-state index contributed by atoms with van der Waals surface area (Å²) in [5.74, 6) is 1.54. The van der Waals surface area contributed by atoms with Crippen LogP contribution in [0.1, 0.15) is 38.7 Å². The molecular formula is C17H26N4O. The van der Waals surface area contributed by atoms with Crippen LogP contribution in [0.25, 0.3) is 0 Å². The summed E-state index contributed by atoms with van der Waals surface area (Å²) in [4.78, 5) is 8.96. The summed E-state index contributed by atoms with van der Waals surface area (Å²) in [7, 11) is 0. The molecule has 2 rings (SSSR count). The molecule has 5 nitrogen and oxygen atoms in total. The molecule has 0 fully saturated rings. The topological polar surface area (TPSA) is 58.5 Å². The molecule has 2 N–H and O–H groups in total. The second-order valence-corrected chi connectivity index (χ2v) is 5.30. The maximum atomic E-state index is 5.68. The first-order valence-electron chi connectivity index (χ1n) is 8.10. The van der Waals surface area contributed by atoms with Gasteiger partial charge in [0.25, 0.3) is 0 Å². The van der Waals surface area contributed by atoms with E-state index in [2.05, 4.69) is 46.6 Å².